The maximum atomic E-state index is 12.2. The van der Waals surface area contributed by atoms with Gasteiger partial charge in [-0.15, -0.1) is 11.3 Å². The molecule has 1 aromatic heterocycles. The van der Waals surface area contributed by atoms with Gasteiger partial charge < -0.3 is 4.74 Å². The van der Waals surface area contributed by atoms with Crippen LogP contribution in [0.3, 0.4) is 0 Å². The minimum atomic E-state index is -0.157. The summed E-state index contributed by atoms with van der Waals surface area (Å²) in [6, 6.07) is 17.8. The van der Waals surface area contributed by atoms with E-state index in [2.05, 4.69) is 10.3 Å². The van der Waals surface area contributed by atoms with Crippen LogP contribution in [0.25, 0.3) is 6.08 Å². The fourth-order valence-corrected chi connectivity index (χ4v) is 4.19. The number of benzene rings is 2. The highest BCUT2D eigenvalue weighted by atomic mass is 32.1. The maximum absolute atomic E-state index is 12.2. The van der Waals surface area contributed by atoms with Gasteiger partial charge in [-0.05, 0) is 55.0 Å². The quantitative estimate of drug-likeness (QED) is 0.585. The zero-order valence-electron chi connectivity index (χ0n) is 15.6. The molecule has 0 spiro atoms. The van der Waals surface area contributed by atoms with Crippen molar-refractivity contribution in [2.75, 3.05) is 5.32 Å². The normalized spacial score (nSPS) is 13.3. The number of carbonyl (C=O) groups is 1. The number of ether oxygens (including phenoxy) is 1. The third-order valence-electron chi connectivity index (χ3n) is 4.63. The SMILES string of the molecule is O=C(/C=C/c1ccc(OCc2ccccc2)cc1)Nc1nc2c(s1)CCCC2. The first-order valence-corrected chi connectivity index (χ1v) is 10.3. The fourth-order valence-electron chi connectivity index (χ4n) is 3.14. The number of carbonyl (C=O) groups excluding carboxylic acids is 1. The number of rotatable bonds is 6. The van der Waals surface area contributed by atoms with E-state index in [4.69, 9.17) is 4.74 Å². The number of nitrogens with one attached hydrogen (secondary N) is 1. The Morgan fingerprint density at radius 3 is 2.64 bits per heavy atom. The van der Waals surface area contributed by atoms with Crippen molar-refractivity contribution in [3.63, 3.8) is 0 Å². The molecule has 1 heterocycles. The van der Waals surface area contributed by atoms with Gasteiger partial charge in [0.15, 0.2) is 5.13 Å². The van der Waals surface area contributed by atoms with Crippen molar-refractivity contribution in [1.82, 2.24) is 4.98 Å². The van der Waals surface area contributed by atoms with Crippen molar-refractivity contribution >= 4 is 28.5 Å². The number of fused-ring (bicyclic) bond motifs is 1. The lowest BCUT2D eigenvalue weighted by Gasteiger charge is -2.06. The molecule has 5 heteroatoms. The van der Waals surface area contributed by atoms with Crippen molar-refractivity contribution in [1.29, 1.82) is 0 Å². The predicted molar refractivity (Wildman–Crippen MR) is 114 cm³/mol. The number of thiazole rings is 1. The molecule has 0 radical (unpaired) electrons. The van der Waals surface area contributed by atoms with Gasteiger partial charge in [-0.3, -0.25) is 10.1 Å². The van der Waals surface area contributed by atoms with Gasteiger partial charge in [-0.2, -0.15) is 0 Å². The Kier molecular flexibility index (Phi) is 5.83. The van der Waals surface area contributed by atoms with E-state index < -0.39 is 0 Å². The Hall–Kier alpha value is -2.92. The van der Waals surface area contributed by atoms with Crippen molar-refractivity contribution in [2.24, 2.45) is 0 Å². The summed E-state index contributed by atoms with van der Waals surface area (Å²) in [4.78, 5) is 18.0. The molecule has 0 aliphatic heterocycles. The first-order chi connectivity index (χ1) is 13.8. The molecule has 0 unspecified atom stereocenters. The van der Waals surface area contributed by atoms with Crippen molar-refractivity contribution in [2.45, 2.75) is 32.3 Å². The number of aryl methyl sites for hydroxylation is 2. The summed E-state index contributed by atoms with van der Waals surface area (Å²) in [5.41, 5.74) is 3.23. The lowest BCUT2D eigenvalue weighted by Crippen LogP contribution is -2.07. The molecule has 1 amide bonds. The highest BCUT2D eigenvalue weighted by Crippen LogP contribution is 2.29. The summed E-state index contributed by atoms with van der Waals surface area (Å²) < 4.78 is 5.78. The van der Waals surface area contributed by atoms with Crippen LogP contribution in [0.4, 0.5) is 5.13 Å². The molecule has 0 bridgehead atoms. The third-order valence-corrected chi connectivity index (χ3v) is 5.70. The molecule has 1 aliphatic carbocycles. The van der Waals surface area contributed by atoms with Crippen molar-refractivity contribution < 1.29 is 9.53 Å². The molecule has 1 N–H and O–H groups in total. The first-order valence-electron chi connectivity index (χ1n) is 9.51. The smallest absolute Gasteiger partial charge is 0.250 e. The molecule has 4 nitrogen and oxygen atoms in total. The highest BCUT2D eigenvalue weighted by Gasteiger charge is 2.15. The molecule has 2 aromatic carbocycles. The maximum Gasteiger partial charge on any atom is 0.250 e. The van der Waals surface area contributed by atoms with Crippen LogP contribution in [-0.2, 0) is 24.2 Å². The molecule has 0 atom stereocenters. The van der Waals surface area contributed by atoms with Gasteiger partial charge in [0.25, 0.3) is 0 Å². The van der Waals surface area contributed by atoms with E-state index >= 15 is 0 Å². The molecule has 142 valence electrons. The first kappa shape index (κ1) is 18.4. The van der Waals surface area contributed by atoms with Gasteiger partial charge in [0.1, 0.15) is 12.4 Å². The standard InChI is InChI=1S/C23H22N2O2S/c26-22(25-23-24-20-8-4-5-9-21(20)28-23)15-12-17-10-13-19(14-11-17)27-16-18-6-2-1-3-7-18/h1-3,6-7,10-15H,4-5,8-9,16H2,(H,24,25,26)/b15-12+. The van der Waals surface area contributed by atoms with E-state index in [0.29, 0.717) is 11.7 Å². The van der Waals surface area contributed by atoms with Crippen molar-refractivity contribution in [3.8, 4) is 5.75 Å². The van der Waals surface area contributed by atoms with Gasteiger partial charge in [0.2, 0.25) is 5.91 Å². The number of anilines is 1. The monoisotopic (exact) mass is 390 g/mol. The Labute approximate surface area is 168 Å². The summed E-state index contributed by atoms with van der Waals surface area (Å²) in [7, 11) is 0. The van der Waals surface area contributed by atoms with Gasteiger partial charge in [-0.25, -0.2) is 4.98 Å². The van der Waals surface area contributed by atoms with Crippen LogP contribution >= 0.6 is 11.3 Å². The molecule has 3 aromatic rings. The van der Waals surface area contributed by atoms with E-state index in [0.717, 1.165) is 35.4 Å². The molecule has 0 saturated heterocycles. The lowest BCUT2D eigenvalue weighted by atomic mass is 10.0. The largest absolute Gasteiger partial charge is 0.489 e. The molecule has 1 aliphatic rings. The third kappa shape index (κ3) is 4.87. The summed E-state index contributed by atoms with van der Waals surface area (Å²) in [6.45, 7) is 0.538. The van der Waals surface area contributed by atoms with Crippen LogP contribution in [0, 0.1) is 0 Å². The summed E-state index contributed by atoms with van der Waals surface area (Å²) >= 11 is 1.60. The Morgan fingerprint density at radius 1 is 1.07 bits per heavy atom. The minimum Gasteiger partial charge on any atom is -0.489 e. The van der Waals surface area contributed by atoms with E-state index in [9.17, 15) is 4.79 Å². The van der Waals surface area contributed by atoms with Gasteiger partial charge in [-0.1, -0.05) is 42.5 Å². The second kappa shape index (κ2) is 8.85. The molecule has 0 saturated carbocycles. The molecule has 0 fully saturated rings. The van der Waals surface area contributed by atoms with E-state index in [1.807, 2.05) is 54.6 Å². The number of hydrogen-bond acceptors (Lipinski definition) is 4. The van der Waals surface area contributed by atoms with Crippen LogP contribution in [0.5, 0.6) is 5.75 Å². The Balaban J connectivity index is 1.30. The highest BCUT2D eigenvalue weighted by molar-refractivity contribution is 7.15. The van der Waals surface area contributed by atoms with Gasteiger partial charge in [0.05, 0.1) is 5.69 Å². The van der Waals surface area contributed by atoms with Crippen LogP contribution in [0.1, 0.15) is 34.5 Å². The molecular weight excluding hydrogens is 368 g/mol. The predicted octanol–water partition coefficient (Wildman–Crippen LogP) is 5.25. The molecule has 28 heavy (non-hydrogen) atoms. The van der Waals surface area contributed by atoms with E-state index in [-0.39, 0.29) is 5.91 Å². The number of nitrogens with zero attached hydrogens (tertiary/aromatic N) is 1. The van der Waals surface area contributed by atoms with Gasteiger partial charge >= 0.3 is 0 Å². The van der Waals surface area contributed by atoms with Gasteiger partial charge in [0, 0.05) is 11.0 Å². The van der Waals surface area contributed by atoms with Crippen LogP contribution in [0.15, 0.2) is 60.7 Å². The summed E-state index contributed by atoms with van der Waals surface area (Å²) in [5, 5.41) is 3.58. The Morgan fingerprint density at radius 2 is 1.86 bits per heavy atom. The number of aromatic nitrogens is 1. The van der Waals surface area contributed by atoms with E-state index in [1.54, 1.807) is 23.5 Å². The molecular formula is C23H22N2O2S. The average molecular weight is 391 g/mol. The minimum absolute atomic E-state index is 0.157. The van der Waals surface area contributed by atoms with E-state index in [1.165, 1.54) is 17.7 Å². The topological polar surface area (TPSA) is 51.2 Å². The van der Waals surface area contributed by atoms with Crippen molar-refractivity contribution in [3.05, 3.63) is 82.4 Å². The summed E-state index contributed by atoms with van der Waals surface area (Å²) in [5.74, 6) is 0.648. The van der Waals surface area contributed by atoms with Crippen LogP contribution in [-0.4, -0.2) is 10.9 Å². The van der Waals surface area contributed by atoms with Crippen LogP contribution in [0.2, 0.25) is 0 Å². The average Bonchev–Trinajstić information content (AvgIpc) is 3.14. The zero-order chi connectivity index (χ0) is 19.2. The molecule has 4 rings (SSSR count). The number of amides is 1. The fraction of sp³-hybridized carbons (Fsp3) is 0.217. The Bertz CT molecular complexity index is 939. The summed E-state index contributed by atoms with van der Waals surface area (Å²) in [6.07, 6.45) is 7.85. The van der Waals surface area contributed by atoms with Crippen LogP contribution < -0.4 is 10.1 Å². The zero-order valence-corrected chi connectivity index (χ0v) is 16.4. The number of hydrogen-bond donors (Lipinski definition) is 1. The second-order valence-corrected chi connectivity index (χ2v) is 7.85. The lowest BCUT2D eigenvalue weighted by molar-refractivity contribution is -0.111. The second-order valence-electron chi connectivity index (χ2n) is 6.76.